The molecule has 1 aliphatic heterocycles. The van der Waals surface area contributed by atoms with Gasteiger partial charge in [-0.25, -0.2) is 4.39 Å². The van der Waals surface area contributed by atoms with Crippen molar-refractivity contribution in [2.75, 3.05) is 6.61 Å². The van der Waals surface area contributed by atoms with Crippen LogP contribution in [0.3, 0.4) is 0 Å². The Kier molecular flexibility index (Phi) is 8.23. The Hall–Kier alpha value is -0.903. The number of halogens is 2. The van der Waals surface area contributed by atoms with Crippen LogP contribution in [-0.4, -0.2) is 15.4 Å². The van der Waals surface area contributed by atoms with E-state index in [1.165, 1.54) is 50.2 Å². The van der Waals surface area contributed by atoms with Crippen LogP contribution < -0.4 is 4.74 Å². The summed E-state index contributed by atoms with van der Waals surface area (Å²) in [6, 6.07) is 7.22. The Bertz CT molecular complexity index is 499. The topological polar surface area (TPSA) is 9.23 Å². The highest BCUT2D eigenvalue weighted by molar-refractivity contribution is 6.59. The largest absolute Gasteiger partial charge is 0.491 e. The molecule has 0 saturated carbocycles. The molecule has 1 heterocycles. The van der Waals surface area contributed by atoms with E-state index in [2.05, 4.69) is 6.92 Å². The Morgan fingerprint density at radius 2 is 1.71 bits per heavy atom. The minimum Gasteiger partial charge on any atom is -0.491 e. The van der Waals surface area contributed by atoms with Crippen LogP contribution in [0.1, 0.15) is 70.3 Å². The van der Waals surface area contributed by atoms with E-state index in [0.29, 0.717) is 12.2 Å². The highest BCUT2D eigenvalue weighted by Crippen LogP contribution is 2.38. The minimum absolute atomic E-state index is 0.0337. The Labute approximate surface area is 147 Å². The average molecular weight is 354 g/mol. The van der Waals surface area contributed by atoms with Crippen LogP contribution in [0.25, 0.3) is 0 Å². The molecule has 0 bridgehead atoms. The average Bonchev–Trinajstić information content (AvgIpc) is 2.60. The second kappa shape index (κ2) is 10.2. The van der Waals surface area contributed by atoms with Crippen molar-refractivity contribution in [2.24, 2.45) is 0 Å². The maximum Gasteiger partial charge on any atom is 0.200 e. The second-order valence-electron chi connectivity index (χ2n) is 6.90. The maximum absolute atomic E-state index is 14.3. The van der Waals surface area contributed by atoms with Gasteiger partial charge in [0.1, 0.15) is 0 Å². The number of hydrogen-bond acceptors (Lipinski definition) is 1. The van der Waals surface area contributed by atoms with Gasteiger partial charge in [-0.15, -0.1) is 0 Å². The fourth-order valence-electron chi connectivity index (χ4n) is 3.69. The van der Waals surface area contributed by atoms with Gasteiger partial charge in [0.2, 0.25) is 5.82 Å². The third-order valence-corrected chi connectivity index (χ3v) is 8.20. The second-order valence-corrected chi connectivity index (χ2v) is 9.90. The highest BCUT2D eigenvalue weighted by atomic mass is 28.3. The van der Waals surface area contributed by atoms with Gasteiger partial charge in [-0.3, -0.25) is 0 Å². The Morgan fingerprint density at radius 3 is 2.38 bits per heavy atom. The molecule has 1 aliphatic rings. The summed E-state index contributed by atoms with van der Waals surface area (Å²) in [7, 11) is -0.255. The van der Waals surface area contributed by atoms with E-state index < -0.39 is 11.6 Å². The van der Waals surface area contributed by atoms with Crippen molar-refractivity contribution in [3.63, 3.8) is 0 Å². The third-order valence-electron chi connectivity index (χ3n) is 5.14. The van der Waals surface area contributed by atoms with Crippen molar-refractivity contribution in [1.82, 2.24) is 0 Å². The first-order valence-corrected chi connectivity index (χ1v) is 11.7. The molecule has 1 nitrogen and oxygen atoms in total. The first-order valence-electron chi connectivity index (χ1n) is 9.61. The van der Waals surface area contributed by atoms with Gasteiger partial charge in [-0.05, 0) is 37.3 Å². The van der Waals surface area contributed by atoms with Crippen LogP contribution in [0.4, 0.5) is 8.78 Å². The number of rotatable bonds is 9. The molecular formula is C20H31F2OSi. The fraction of sp³-hybridized carbons (Fsp3) is 0.700. The monoisotopic (exact) mass is 353 g/mol. The molecule has 135 valence electrons. The lowest BCUT2D eigenvalue weighted by atomic mass is 9.92. The van der Waals surface area contributed by atoms with Crippen LogP contribution >= 0.6 is 0 Å². The van der Waals surface area contributed by atoms with Crippen molar-refractivity contribution in [3.8, 4) is 5.75 Å². The predicted octanol–water partition coefficient (Wildman–Crippen LogP) is 6.71. The Balaban J connectivity index is 1.83. The van der Waals surface area contributed by atoms with E-state index in [1.54, 1.807) is 19.1 Å². The Morgan fingerprint density at radius 1 is 1.00 bits per heavy atom. The number of hydrogen-bond donors (Lipinski definition) is 0. The molecule has 1 aromatic carbocycles. The molecule has 1 radical (unpaired) electrons. The van der Waals surface area contributed by atoms with Crippen LogP contribution in [0.15, 0.2) is 12.1 Å². The standard InChI is InChI=1S/C20H31F2OSi/c1-3-5-6-7-8-13-24-14-11-16(12-15-24)17-9-10-18(23-4-2)20(22)19(17)21/h9-10,16H,3-8,11-15H2,1-2H3. The molecule has 0 aliphatic carbocycles. The molecule has 0 atom stereocenters. The fourth-order valence-corrected chi connectivity index (χ4v) is 6.71. The maximum atomic E-state index is 14.3. The lowest BCUT2D eigenvalue weighted by Gasteiger charge is -2.28. The van der Waals surface area contributed by atoms with Gasteiger partial charge >= 0.3 is 0 Å². The smallest absolute Gasteiger partial charge is 0.200 e. The molecular weight excluding hydrogens is 322 g/mol. The molecule has 24 heavy (non-hydrogen) atoms. The van der Waals surface area contributed by atoms with E-state index >= 15 is 0 Å². The summed E-state index contributed by atoms with van der Waals surface area (Å²) in [4.78, 5) is 0. The molecule has 1 aromatic rings. The van der Waals surface area contributed by atoms with Gasteiger partial charge in [0.15, 0.2) is 11.6 Å². The van der Waals surface area contributed by atoms with Crippen molar-refractivity contribution in [2.45, 2.75) is 82.8 Å². The van der Waals surface area contributed by atoms with E-state index in [0.717, 1.165) is 12.8 Å². The van der Waals surface area contributed by atoms with Gasteiger partial charge in [0, 0.05) is 8.80 Å². The zero-order valence-electron chi connectivity index (χ0n) is 15.2. The zero-order valence-corrected chi connectivity index (χ0v) is 16.2. The molecule has 4 heteroatoms. The van der Waals surface area contributed by atoms with E-state index in [9.17, 15) is 8.78 Å². The quantitative estimate of drug-likeness (QED) is 0.354. The molecule has 0 unspecified atom stereocenters. The number of unbranched alkanes of at least 4 members (excludes halogenated alkanes) is 4. The van der Waals surface area contributed by atoms with Crippen molar-refractivity contribution < 1.29 is 13.5 Å². The SMILES string of the molecule is CCCCCCC[Si]1CCC(c2ccc(OCC)c(F)c2F)CC1. The van der Waals surface area contributed by atoms with Gasteiger partial charge < -0.3 is 4.74 Å². The van der Waals surface area contributed by atoms with Crippen molar-refractivity contribution >= 4 is 8.80 Å². The van der Waals surface area contributed by atoms with Gasteiger partial charge in [-0.2, -0.15) is 4.39 Å². The summed E-state index contributed by atoms with van der Waals surface area (Å²) in [6.07, 6.45) is 8.79. The summed E-state index contributed by atoms with van der Waals surface area (Å²) < 4.78 is 33.5. The third kappa shape index (κ3) is 5.30. The normalized spacial score (nSPS) is 16.5. The predicted molar refractivity (Wildman–Crippen MR) is 98.4 cm³/mol. The first-order chi connectivity index (χ1) is 11.7. The molecule has 0 spiro atoms. The number of benzene rings is 1. The van der Waals surface area contributed by atoms with Crippen LogP contribution in [0.2, 0.25) is 18.1 Å². The summed E-state index contributed by atoms with van der Waals surface area (Å²) in [5, 5.41) is 0. The van der Waals surface area contributed by atoms with Crippen LogP contribution in [0, 0.1) is 11.6 Å². The van der Waals surface area contributed by atoms with E-state index in [4.69, 9.17) is 4.74 Å². The highest BCUT2D eigenvalue weighted by Gasteiger charge is 2.27. The van der Waals surface area contributed by atoms with E-state index in [-0.39, 0.29) is 20.5 Å². The molecule has 1 fully saturated rings. The molecule has 1 saturated heterocycles. The summed E-state index contributed by atoms with van der Waals surface area (Å²) in [5.74, 6) is -1.29. The molecule has 0 aromatic heterocycles. The zero-order chi connectivity index (χ0) is 17.4. The molecule has 2 rings (SSSR count). The lowest BCUT2D eigenvalue weighted by Crippen LogP contribution is -2.21. The summed E-state index contributed by atoms with van der Waals surface area (Å²) in [5.41, 5.74) is 0.556. The summed E-state index contributed by atoms with van der Waals surface area (Å²) in [6.45, 7) is 4.37. The summed E-state index contributed by atoms with van der Waals surface area (Å²) >= 11 is 0. The van der Waals surface area contributed by atoms with E-state index in [1.807, 2.05) is 0 Å². The van der Waals surface area contributed by atoms with Gasteiger partial charge in [0.25, 0.3) is 0 Å². The van der Waals surface area contributed by atoms with Crippen molar-refractivity contribution in [1.29, 1.82) is 0 Å². The number of ether oxygens (including phenoxy) is 1. The van der Waals surface area contributed by atoms with Gasteiger partial charge in [-0.1, -0.05) is 63.2 Å². The lowest BCUT2D eigenvalue weighted by molar-refractivity contribution is 0.312. The molecule has 0 amide bonds. The van der Waals surface area contributed by atoms with Gasteiger partial charge in [0.05, 0.1) is 6.61 Å². The van der Waals surface area contributed by atoms with Crippen LogP contribution in [0.5, 0.6) is 5.75 Å². The van der Waals surface area contributed by atoms with Crippen molar-refractivity contribution in [3.05, 3.63) is 29.3 Å². The molecule has 0 N–H and O–H groups in total. The first kappa shape index (κ1) is 19.4. The minimum atomic E-state index is -0.818. The van der Waals surface area contributed by atoms with Crippen LogP contribution in [-0.2, 0) is 0 Å².